The van der Waals surface area contributed by atoms with Crippen molar-refractivity contribution in [1.29, 1.82) is 0 Å². The van der Waals surface area contributed by atoms with Crippen LogP contribution in [-0.2, 0) is 32.1 Å². The van der Waals surface area contributed by atoms with Crippen LogP contribution in [0.15, 0.2) is 42.9 Å². The SMILES string of the molecule is CO[C@]1(C)[C@H](COS(N)(=O)=O)C[C@@H](n2ccc3c(CC4CCc5ccccc54)ncnc32)C1(C)C. The first-order chi connectivity index (χ1) is 16.5. The van der Waals surface area contributed by atoms with Crippen molar-refractivity contribution in [3.8, 4) is 0 Å². The molecule has 5 rings (SSSR count). The predicted molar refractivity (Wildman–Crippen MR) is 134 cm³/mol. The van der Waals surface area contributed by atoms with E-state index in [2.05, 4.69) is 64.9 Å². The van der Waals surface area contributed by atoms with Crippen molar-refractivity contribution in [2.75, 3.05) is 13.7 Å². The van der Waals surface area contributed by atoms with Crippen LogP contribution in [0, 0.1) is 11.3 Å². The fourth-order valence-corrected chi connectivity index (χ4v) is 6.82. The Hall–Kier alpha value is -2.33. The Kier molecular flexibility index (Phi) is 6.03. The molecule has 1 saturated carbocycles. The van der Waals surface area contributed by atoms with E-state index in [0.717, 1.165) is 36.0 Å². The fourth-order valence-electron chi connectivity index (χ4n) is 6.47. The summed E-state index contributed by atoms with van der Waals surface area (Å²) < 4.78 is 36.2. The lowest BCUT2D eigenvalue weighted by Gasteiger charge is -2.43. The molecule has 0 aliphatic heterocycles. The average Bonchev–Trinajstić information content (AvgIpc) is 3.47. The lowest BCUT2D eigenvalue weighted by molar-refractivity contribution is -0.107. The number of nitrogens with zero attached hydrogens (tertiary/aromatic N) is 3. The number of benzene rings is 1. The van der Waals surface area contributed by atoms with E-state index in [9.17, 15) is 8.42 Å². The fraction of sp³-hybridized carbons (Fsp3) is 0.538. The van der Waals surface area contributed by atoms with Gasteiger partial charge in [0.2, 0.25) is 0 Å². The lowest BCUT2D eigenvalue weighted by Crippen LogP contribution is -2.47. The molecule has 2 aliphatic carbocycles. The van der Waals surface area contributed by atoms with Crippen molar-refractivity contribution in [1.82, 2.24) is 14.5 Å². The molecule has 188 valence electrons. The third-order valence-electron chi connectivity index (χ3n) is 8.88. The molecule has 1 aromatic carbocycles. The number of nitrogens with two attached hydrogens (primary N) is 1. The zero-order valence-electron chi connectivity index (χ0n) is 20.8. The first-order valence-corrected chi connectivity index (χ1v) is 13.6. The van der Waals surface area contributed by atoms with E-state index >= 15 is 0 Å². The molecule has 0 amide bonds. The van der Waals surface area contributed by atoms with Gasteiger partial charge < -0.3 is 9.30 Å². The molecule has 35 heavy (non-hydrogen) atoms. The lowest BCUT2D eigenvalue weighted by atomic mass is 9.74. The molecule has 2 N–H and O–H groups in total. The number of aromatic nitrogens is 3. The molecule has 9 heteroatoms. The summed E-state index contributed by atoms with van der Waals surface area (Å²) in [6, 6.07) is 10.8. The maximum atomic E-state index is 11.5. The summed E-state index contributed by atoms with van der Waals surface area (Å²) in [7, 11) is -2.37. The summed E-state index contributed by atoms with van der Waals surface area (Å²) in [5.74, 6) is 0.298. The normalized spacial score (nSPS) is 28.0. The molecule has 0 spiro atoms. The Bertz CT molecular complexity index is 1350. The summed E-state index contributed by atoms with van der Waals surface area (Å²) in [6.45, 7) is 6.31. The van der Waals surface area contributed by atoms with Crippen LogP contribution in [0.2, 0.25) is 0 Å². The predicted octanol–water partition coefficient (Wildman–Crippen LogP) is 3.92. The Morgan fingerprint density at radius 2 is 1.94 bits per heavy atom. The molecule has 2 aliphatic rings. The number of methoxy groups -OCH3 is 1. The second-order valence-electron chi connectivity index (χ2n) is 10.7. The van der Waals surface area contributed by atoms with Gasteiger partial charge in [-0.1, -0.05) is 38.1 Å². The van der Waals surface area contributed by atoms with Crippen LogP contribution in [-0.4, -0.2) is 42.3 Å². The second-order valence-corrected chi connectivity index (χ2v) is 11.9. The van der Waals surface area contributed by atoms with Crippen LogP contribution in [0.5, 0.6) is 0 Å². The Morgan fingerprint density at radius 3 is 2.69 bits per heavy atom. The standard InChI is InChI=1S/C26H34N4O4S/c1-25(2)23(14-19(26(25,3)33-4)15-34-35(27,31)32)30-12-11-21-22(28-16-29-24(21)30)13-18-10-9-17-7-5-6-8-20(17)18/h5-8,11-12,16,18-19,23H,9-10,13-15H2,1-4H3,(H2,27,31,32)/t18?,19-,23+,26+/m0/s1. The van der Waals surface area contributed by atoms with Gasteiger partial charge in [-0.3, -0.25) is 4.18 Å². The number of hydrogen-bond acceptors (Lipinski definition) is 6. The van der Waals surface area contributed by atoms with E-state index in [1.54, 1.807) is 13.4 Å². The third kappa shape index (κ3) is 4.08. The van der Waals surface area contributed by atoms with Crippen molar-refractivity contribution < 1.29 is 17.3 Å². The zero-order valence-corrected chi connectivity index (χ0v) is 21.6. The van der Waals surface area contributed by atoms with Crippen LogP contribution < -0.4 is 5.14 Å². The number of rotatable bonds is 7. The minimum atomic E-state index is -4.03. The maximum absolute atomic E-state index is 11.5. The van der Waals surface area contributed by atoms with Crippen LogP contribution in [0.3, 0.4) is 0 Å². The van der Waals surface area contributed by atoms with Crippen molar-refractivity contribution in [2.45, 2.75) is 64.0 Å². The second kappa shape index (κ2) is 8.65. The number of aryl methyl sites for hydroxylation is 1. The van der Waals surface area contributed by atoms with Gasteiger partial charge in [0.1, 0.15) is 12.0 Å². The summed E-state index contributed by atoms with van der Waals surface area (Å²) in [5, 5.41) is 6.18. The monoisotopic (exact) mass is 498 g/mol. The third-order valence-corrected chi connectivity index (χ3v) is 9.35. The maximum Gasteiger partial charge on any atom is 0.333 e. The van der Waals surface area contributed by atoms with Crippen LogP contribution in [0.25, 0.3) is 11.0 Å². The van der Waals surface area contributed by atoms with Crippen LogP contribution in [0.4, 0.5) is 0 Å². The van der Waals surface area contributed by atoms with Gasteiger partial charge in [-0.25, -0.2) is 15.1 Å². The van der Waals surface area contributed by atoms with Crippen molar-refractivity contribution >= 4 is 21.3 Å². The van der Waals surface area contributed by atoms with Gasteiger partial charge in [-0.2, -0.15) is 8.42 Å². The number of fused-ring (bicyclic) bond motifs is 2. The van der Waals surface area contributed by atoms with Gasteiger partial charge in [-0.05, 0) is 55.7 Å². The molecular formula is C26H34N4O4S. The van der Waals surface area contributed by atoms with Crippen molar-refractivity contribution in [3.05, 3.63) is 59.7 Å². The number of hydrogen-bond donors (Lipinski definition) is 1. The molecular weight excluding hydrogens is 464 g/mol. The quantitative estimate of drug-likeness (QED) is 0.529. The summed E-state index contributed by atoms with van der Waals surface area (Å²) in [4.78, 5) is 9.36. The van der Waals surface area contributed by atoms with Crippen molar-refractivity contribution in [2.24, 2.45) is 16.5 Å². The molecule has 4 atom stereocenters. The molecule has 1 unspecified atom stereocenters. The topological polar surface area (TPSA) is 109 Å². The summed E-state index contributed by atoms with van der Waals surface area (Å²) in [6.07, 6.45) is 7.55. The van der Waals surface area contributed by atoms with Crippen LogP contribution in [0.1, 0.15) is 62.4 Å². The summed E-state index contributed by atoms with van der Waals surface area (Å²) >= 11 is 0. The van der Waals surface area contributed by atoms with Gasteiger partial charge in [0.15, 0.2) is 0 Å². The highest BCUT2D eigenvalue weighted by Gasteiger charge is 2.59. The van der Waals surface area contributed by atoms with E-state index in [1.165, 1.54) is 11.1 Å². The van der Waals surface area contributed by atoms with E-state index in [4.69, 9.17) is 14.1 Å². The molecule has 2 heterocycles. The minimum Gasteiger partial charge on any atom is -0.378 e. The molecule has 2 aromatic heterocycles. The highest BCUT2D eigenvalue weighted by Crippen LogP contribution is 2.58. The van der Waals surface area contributed by atoms with E-state index in [-0.39, 0.29) is 24.0 Å². The Morgan fingerprint density at radius 1 is 1.17 bits per heavy atom. The molecule has 0 saturated heterocycles. The van der Waals surface area contributed by atoms with E-state index in [1.807, 2.05) is 6.92 Å². The molecule has 3 aromatic rings. The smallest absolute Gasteiger partial charge is 0.333 e. The average molecular weight is 499 g/mol. The Labute approximate surface area is 207 Å². The first-order valence-electron chi connectivity index (χ1n) is 12.2. The van der Waals surface area contributed by atoms with Gasteiger partial charge in [0.05, 0.1) is 17.9 Å². The van der Waals surface area contributed by atoms with Gasteiger partial charge in [-0.15, -0.1) is 0 Å². The number of ether oxygens (including phenoxy) is 1. The highest BCUT2D eigenvalue weighted by atomic mass is 32.2. The highest BCUT2D eigenvalue weighted by molar-refractivity contribution is 7.84. The first kappa shape index (κ1) is 24.4. The van der Waals surface area contributed by atoms with Crippen LogP contribution >= 0.6 is 0 Å². The van der Waals surface area contributed by atoms with Crippen molar-refractivity contribution in [3.63, 3.8) is 0 Å². The molecule has 0 radical (unpaired) electrons. The van der Waals surface area contributed by atoms with E-state index in [0.29, 0.717) is 12.3 Å². The zero-order chi connectivity index (χ0) is 25.0. The minimum absolute atomic E-state index is 0.0222. The van der Waals surface area contributed by atoms with E-state index < -0.39 is 15.9 Å². The van der Waals surface area contributed by atoms with Gasteiger partial charge in [0.25, 0.3) is 0 Å². The molecule has 1 fully saturated rings. The van der Waals surface area contributed by atoms with Gasteiger partial charge in [0, 0.05) is 36.1 Å². The largest absolute Gasteiger partial charge is 0.378 e. The molecule has 8 nitrogen and oxygen atoms in total. The Balaban J connectivity index is 1.47. The van der Waals surface area contributed by atoms with Gasteiger partial charge >= 0.3 is 10.3 Å². The molecule has 0 bridgehead atoms. The summed E-state index contributed by atoms with van der Waals surface area (Å²) in [5.41, 5.74) is 3.88.